The minimum absolute atomic E-state index is 0.173. The van der Waals surface area contributed by atoms with E-state index in [2.05, 4.69) is 10.3 Å². The van der Waals surface area contributed by atoms with E-state index in [1.54, 1.807) is 13.8 Å². The van der Waals surface area contributed by atoms with Crippen LogP contribution in [0.5, 0.6) is 0 Å². The Morgan fingerprint density at radius 3 is 2.86 bits per heavy atom. The first kappa shape index (κ1) is 15.6. The van der Waals surface area contributed by atoms with Gasteiger partial charge in [0.15, 0.2) is 0 Å². The first-order chi connectivity index (χ1) is 9.92. The normalized spacial score (nSPS) is 25.3. The molecule has 0 radical (unpaired) electrons. The van der Waals surface area contributed by atoms with E-state index in [-0.39, 0.29) is 30.7 Å². The molecule has 2 heterocycles. The van der Waals surface area contributed by atoms with Gasteiger partial charge >= 0.3 is 5.69 Å². The molecule has 0 bridgehead atoms. The Morgan fingerprint density at radius 1 is 1.62 bits per heavy atom. The molecule has 1 saturated heterocycles. The van der Waals surface area contributed by atoms with Gasteiger partial charge in [-0.2, -0.15) is 4.98 Å². The lowest BCUT2D eigenvalue weighted by molar-refractivity contribution is -0.118. The molecule has 3 atom stereocenters. The maximum Gasteiger partial charge on any atom is 0.351 e. The molecule has 116 valence electrons. The van der Waals surface area contributed by atoms with Crippen LogP contribution < -0.4 is 11.0 Å². The number of hydrogen-bond donors (Lipinski definition) is 3. The lowest BCUT2D eigenvalue weighted by atomic mass is 10.2. The van der Waals surface area contributed by atoms with Crippen LogP contribution in [0.1, 0.15) is 26.5 Å². The van der Waals surface area contributed by atoms with Gasteiger partial charge in [0, 0.05) is 18.5 Å². The van der Waals surface area contributed by atoms with Gasteiger partial charge in [0.2, 0.25) is 5.91 Å². The highest BCUT2D eigenvalue weighted by molar-refractivity contribution is 5.90. The van der Waals surface area contributed by atoms with Crippen molar-refractivity contribution in [3.05, 3.63) is 22.7 Å². The van der Waals surface area contributed by atoms with E-state index in [4.69, 9.17) is 9.84 Å². The van der Waals surface area contributed by atoms with Crippen LogP contribution in [-0.2, 0) is 9.53 Å². The molecule has 3 N–H and O–H groups in total. The van der Waals surface area contributed by atoms with E-state index in [9.17, 15) is 14.7 Å². The molecule has 1 aromatic heterocycles. The Kier molecular flexibility index (Phi) is 4.71. The predicted octanol–water partition coefficient (Wildman–Crippen LogP) is -0.522. The lowest BCUT2D eigenvalue weighted by Gasteiger charge is -2.14. The first-order valence-electron chi connectivity index (χ1n) is 6.76. The summed E-state index contributed by atoms with van der Waals surface area (Å²) in [4.78, 5) is 27.3. The number of hydrogen-bond acceptors (Lipinski definition) is 6. The molecule has 0 spiro atoms. The maximum absolute atomic E-state index is 12.0. The summed E-state index contributed by atoms with van der Waals surface area (Å²) >= 11 is 0. The van der Waals surface area contributed by atoms with Crippen molar-refractivity contribution in [2.45, 2.75) is 38.7 Å². The monoisotopic (exact) mass is 297 g/mol. The molecule has 2 rings (SSSR count). The van der Waals surface area contributed by atoms with Crippen molar-refractivity contribution < 1.29 is 19.7 Å². The lowest BCUT2D eigenvalue weighted by Crippen LogP contribution is -2.29. The summed E-state index contributed by atoms with van der Waals surface area (Å²) in [6, 6.07) is 1.49. The molecule has 1 amide bonds. The third-order valence-electron chi connectivity index (χ3n) is 3.30. The van der Waals surface area contributed by atoms with Gasteiger partial charge in [0.1, 0.15) is 18.1 Å². The summed E-state index contributed by atoms with van der Waals surface area (Å²) in [7, 11) is 0. The highest BCUT2D eigenvalue weighted by Gasteiger charge is 2.34. The van der Waals surface area contributed by atoms with E-state index >= 15 is 0 Å². The average Bonchev–Trinajstić information content (AvgIpc) is 2.79. The van der Waals surface area contributed by atoms with Gasteiger partial charge in [-0.05, 0) is 6.07 Å². The Balaban J connectivity index is 2.13. The number of nitrogens with one attached hydrogen (secondary N) is 1. The summed E-state index contributed by atoms with van der Waals surface area (Å²) in [5.41, 5.74) is -0.590. The fourth-order valence-corrected chi connectivity index (χ4v) is 2.02. The highest BCUT2D eigenvalue weighted by Crippen LogP contribution is 2.27. The molecule has 0 aliphatic carbocycles. The first-order valence-corrected chi connectivity index (χ1v) is 6.76. The number of nitrogens with zero attached hydrogens (tertiary/aromatic N) is 2. The fraction of sp³-hybridized carbons (Fsp3) is 0.615. The van der Waals surface area contributed by atoms with Gasteiger partial charge in [-0.25, -0.2) is 4.79 Å². The molecule has 1 aliphatic heterocycles. The van der Waals surface area contributed by atoms with Crippen molar-refractivity contribution in [3.63, 3.8) is 0 Å². The number of aliphatic hydroxyl groups excluding tert-OH is 2. The van der Waals surface area contributed by atoms with Crippen molar-refractivity contribution in [2.75, 3.05) is 11.9 Å². The quantitative estimate of drug-likeness (QED) is 0.689. The van der Waals surface area contributed by atoms with Gasteiger partial charge in [-0.1, -0.05) is 13.8 Å². The summed E-state index contributed by atoms with van der Waals surface area (Å²) in [6.07, 6.45) is -0.561. The number of aromatic nitrogens is 2. The van der Waals surface area contributed by atoms with E-state index in [0.717, 1.165) is 0 Å². The molecular weight excluding hydrogens is 278 g/mol. The zero-order chi connectivity index (χ0) is 15.6. The van der Waals surface area contributed by atoms with Crippen molar-refractivity contribution >= 4 is 11.7 Å². The van der Waals surface area contributed by atoms with Crippen LogP contribution in [0.4, 0.5) is 5.82 Å². The Hall–Kier alpha value is -1.77. The SMILES string of the molecule is CC(C)C(=O)Nc1ccn([C@@H]2C[C@H](O)[C@H](CO)O2)c(=O)n1. The second kappa shape index (κ2) is 6.33. The molecular formula is C13H19N3O5. The van der Waals surface area contributed by atoms with Gasteiger partial charge in [0.05, 0.1) is 12.7 Å². The number of carbonyl (C=O) groups excluding carboxylic acids is 1. The number of ether oxygens (including phenoxy) is 1. The number of carbonyl (C=O) groups is 1. The highest BCUT2D eigenvalue weighted by atomic mass is 16.5. The summed E-state index contributed by atoms with van der Waals surface area (Å²) in [5, 5.41) is 21.2. The van der Waals surface area contributed by atoms with Gasteiger partial charge in [-0.15, -0.1) is 0 Å². The minimum Gasteiger partial charge on any atom is -0.394 e. The van der Waals surface area contributed by atoms with Gasteiger partial charge < -0.3 is 20.3 Å². The second-order valence-corrected chi connectivity index (χ2v) is 5.26. The number of aliphatic hydroxyl groups is 2. The number of rotatable bonds is 4. The Bertz CT molecular complexity index is 571. The van der Waals surface area contributed by atoms with Crippen LogP contribution in [-0.4, -0.2) is 44.5 Å². The van der Waals surface area contributed by atoms with Crippen LogP contribution in [0.2, 0.25) is 0 Å². The molecule has 0 unspecified atom stereocenters. The zero-order valence-electron chi connectivity index (χ0n) is 11.9. The Morgan fingerprint density at radius 2 is 2.33 bits per heavy atom. The standard InChI is InChI=1S/C13H19N3O5/c1-7(2)12(19)14-10-3-4-16(13(20)15-10)11-5-8(18)9(6-17)21-11/h3-4,7-9,11,17-18H,5-6H2,1-2H3,(H,14,15,19,20)/t8-,9-,11-/m0/s1. The predicted molar refractivity (Wildman–Crippen MR) is 73.6 cm³/mol. The second-order valence-electron chi connectivity index (χ2n) is 5.26. The van der Waals surface area contributed by atoms with Crippen LogP contribution >= 0.6 is 0 Å². The minimum atomic E-state index is -0.827. The van der Waals surface area contributed by atoms with Crippen molar-refractivity contribution in [1.29, 1.82) is 0 Å². The number of amides is 1. The Labute approximate surface area is 121 Å². The van der Waals surface area contributed by atoms with E-state index < -0.39 is 24.1 Å². The number of anilines is 1. The summed E-state index contributed by atoms with van der Waals surface area (Å²) in [5.74, 6) is -0.271. The molecule has 0 aromatic carbocycles. The molecule has 1 aliphatic rings. The topological polar surface area (TPSA) is 114 Å². The smallest absolute Gasteiger partial charge is 0.351 e. The summed E-state index contributed by atoms with van der Waals surface area (Å²) in [6.45, 7) is 3.15. The largest absolute Gasteiger partial charge is 0.394 e. The van der Waals surface area contributed by atoms with Crippen LogP contribution in [0.3, 0.4) is 0 Å². The zero-order valence-corrected chi connectivity index (χ0v) is 11.9. The van der Waals surface area contributed by atoms with E-state index in [1.165, 1.54) is 16.8 Å². The van der Waals surface area contributed by atoms with Crippen LogP contribution in [0.25, 0.3) is 0 Å². The van der Waals surface area contributed by atoms with Crippen molar-refractivity contribution in [3.8, 4) is 0 Å². The maximum atomic E-state index is 12.0. The van der Waals surface area contributed by atoms with Gasteiger partial charge in [-0.3, -0.25) is 9.36 Å². The molecule has 21 heavy (non-hydrogen) atoms. The van der Waals surface area contributed by atoms with Gasteiger partial charge in [0.25, 0.3) is 0 Å². The van der Waals surface area contributed by atoms with Crippen LogP contribution in [0, 0.1) is 5.92 Å². The van der Waals surface area contributed by atoms with Crippen LogP contribution in [0.15, 0.2) is 17.1 Å². The third kappa shape index (κ3) is 3.46. The summed E-state index contributed by atoms with van der Waals surface area (Å²) < 4.78 is 6.61. The average molecular weight is 297 g/mol. The fourth-order valence-electron chi connectivity index (χ4n) is 2.02. The van der Waals surface area contributed by atoms with Crippen molar-refractivity contribution in [1.82, 2.24) is 9.55 Å². The molecule has 0 saturated carbocycles. The molecule has 8 nitrogen and oxygen atoms in total. The molecule has 1 aromatic rings. The van der Waals surface area contributed by atoms with Crippen molar-refractivity contribution in [2.24, 2.45) is 5.92 Å². The van der Waals surface area contributed by atoms with E-state index in [0.29, 0.717) is 0 Å². The third-order valence-corrected chi connectivity index (χ3v) is 3.30. The molecule has 8 heteroatoms. The molecule has 1 fully saturated rings. The van der Waals surface area contributed by atoms with E-state index in [1.807, 2.05) is 0 Å².